The van der Waals surface area contributed by atoms with Crippen LogP contribution in [0.5, 0.6) is 0 Å². The Kier molecular flexibility index (Phi) is 2.36. The second-order valence-corrected chi connectivity index (χ2v) is 5.58. The lowest BCUT2D eigenvalue weighted by atomic mass is 10.5. The van der Waals surface area contributed by atoms with Crippen molar-refractivity contribution in [2.45, 2.75) is 11.1 Å². The van der Waals surface area contributed by atoms with Gasteiger partial charge in [0.2, 0.25) is 0 Å². The monoisotopic (exact) mass is 258 g/mol. The van der Waals surface area contributed by atoms with Crippen molar-refractivity contribution in [1.82, 2.24) is 0 Å². The second-order valence-electron chi connectivity index (χ2n) is 1.93. The molecule has 0 saturated heterocycles. The van der Waals surface area contributed by atoms with E-state index in [0.29, 0.717) is 4.47 Å². The van der Waals surface area contributed by atoms with E-state index in [9.17, 15) is 12.3 Å². The van der Waals surface area contributed by atoms with E-state index in [1.54, 1.807) is 13.0 Å². The number of halogens is 2. The molecule has 1 aromatic rings. The molecule has 0 unspecified atom stereocenters. The van der Waals surface area contributed by atoms with Crippen molar-refractivity contribution >= 4 is 37.5 Å². The van der Waals surface area contributed by atoms with Gasteiger partial charge in [-0.25, -0.2) is 0 Å². The average molecular weight is 259 g/mol. The van der Waals surface area contributed by atoms with E-state index in [0.717, 1.165) is 16.2 Å². The predicted molar refractivity (Wildman–Crippen MR) is 45.0 cm³/mol. The summed E-state index contributed by atoms with van der Waals surface area (Å²) < 4.78 is 33.1. The van der Waals surface area contributed by atoms with E-state index < -0.39 is 10.2 Å². The van der Waals surface area contributed by atoms with Crippen LogP contribution in [-0.2, 0) is 10.2 Å². The SMILES string of the molecule is Cc1cc(Br)c(S(=O)(=O)F)s1. The zero-order valence-corrected chi connectivity index (χ0v) is 8.69. The fourth-order valence-corrected chi connectivity index (χ4v) is 3.66. The van der Waals surface area contributed by atoms with Crippen molar-refractivity contribution in [3.8, 4) is 0 Å². The summed E-state index contributed by atoms with van der Waals surface area (Å²) in [6.07, 6.45) is 0. The summed E-state index contributed by atoms with van der Waals surface area (Å²) in [5.41, 5.74) is 0. The lowest BCUT2D eigenvalue weighted by molar-refractivity contribution is 0.554. The number of hydrogen-bond donors (Lipinski definition) is 0. The van der Waals surface area contributed by atoms with Gasteiger partial charge in [-0.05, 0) is 28.9 Å². The van der Waals surface area contributed by atoms with Gasteiger partial charge in [0.1, 0.15) is 0 Å². The molecule has 1 aromatic heterocycles. The molecule has 2 nitrogen and oxygen atoms in total. The zero-order valence-electron chi connectivity index (χ0n) is 5.47. The molecule has 62 valence electrons. The van der Waals surface area contributed by atoms with E-state index in [2.05, 4.69) is 15.9 Å². The van der Waals surface area contributed by atoms with Crippen molar-refractivity contribution in [1.29, 1.82) is 0 Å². The van der Waals surface area contributed by atoms with Gasteiger partial charge in [0, 0.05) is 4.88 Å². The number of thiophene rings is 1. The van der Waals surface area contributed by atoms with Gasteiger partial charge in [0.25, 0.3) is 0 Å². The summed E-state index contributed by atoms with van der Waals surface area (Å²) in [5.74, 6) is 0. The van der Waals surface area contributed by atoms with E-state index in [1.807, 2.05) is 0 Å². The summed E-state index contributed by atoms with van der Waals surface area (Å²) in [4.78, 5) is 0.758. The summed E-state index contributed by atoms with van der Waals surface area (Å²) >= 11 is 3.86. The third-order valence-corrected chi connectivity index (χ3v) is 4.51. The van der Waals surface area contributed by atoms with Crippen molar-refractivity contribution in [3.63, 3.8) is 0 Å². The lowest BCUT2D eigenvalue weighted by Crippen LogP contribution is -1.86. The Morgan fingerprint density at radius 2 is 2.18 bits per heavy atom. The summed E-state index contributed by atoms with van der Waals surface area (Å²) in [6, 6.07) is 1.57. The molecule has 0 radical (unpaired) electrons. The van der Waals surface area contributed by atoms with Gasteiger partial charge in [0.15, 0.2) is 4.21 Å². The van der Waals surface area contributed by atoms with Crippen LogP contribution in [0.3, 0.4) is 0 Å². The van der Waals surface area contributed by atoms with Gasteiger partial charge in [0.05, 0.1) is 4.47 Å². The van der Waals surface area contributed by atoms with Crippen LogP contribution in [-0.4, -0.2) is 8.42 Å². The highest BCUT2D eigenvalue weighted by atomic mass is 79.9. The first-order valence-corrected chi connectivity index (χ1v) is 5.61. The standard InChI is InChI=1S/C5H4BrFO2S2/c1-3-2-4(6)5(10-3)11(7,8)9/h2H,1H3. The minimum atomic E-state index is -4.54. The van der Waals surface area contributed by atoms with E-state index in [4.69, 9.17) is 0 Å². The van der Waals surface area contributed by atoms with Crippen molar-refractivity contribution in [3.05, 3.63) is 15.4 Å². The van der Waals surface area contributed by atoms with Crippen molar-refractivity contribution in [2.24, 2.45) is 0 Å². The fourth-order valence-electron chi connectivity index (χ4n) is 0.628. The van der Waals surface area contributed by atoms with Gasteiger partial charge < -0.3 is 0 Å². The first-order chi connectivity index (χ1) is 4.91. The Balaban J connectivity index is 3.36. The maximum atomic E-state index is 12.3. The molecule has 0 aliphatic rings. The minimum absolute atomic E-state index is 0.255. The summed E-state index contributed by atoms with van der Waals surface area (Å²) in [7, 11) is -4.54. The Bertz CT molecular complexity index is 368. The molecule has 0 fully saturated rings. The third kappa shape index (κ3) is 2.00. The molecule has 11 heavy (non-hydrogen) atoms. The molecular weight excluding hydrogens is 255 g/mol. The molecule has 0 aliphatic heterocycles. The Labute approximate surface area is 76.4 Å². The third-order valence-electron chi connectivity index (χ3n) is 1.00. The first kappa shape index (κ1) is 9.15. The molecule has 6 heteroatoms. The largest absolute Gasteiger partial charge is 0.342 e. The molecule has 1 heterocycles. The molecule has 0 atom stereocenters. The van der Waals surface area contributed by atoms with Crippen LogP contribution in [0, 0.1) is 6.92 Å². The molecule has 0 aromatic carbocycles. The van der Waals surface area contributed by atoms with Crippen molar-refractivity contribution < 1.29 is 12.3 Å². The summed E-state index contributed by atoms with van der Waals surface area (Å²) in [6.45, 7) is 1.71. The molecule has 0 aliphatic carbocycles. The number of aryl methyl sites for hydroxylation is 1. The van der Waals surface area contributed by atoms with Gasteiger partial charge >= 0.3 is 10.2 Å². The van der Waals surface area contributed by atoms with Crippen LogP contribution < -0.4 is 0 Å². The van der Waals surface area contributed by atoms with Crippen LogP contribution in [0.25, 0.3) is 0 Å². The summed E-state index contributed by atoms with van der Waals surface area (Å²) in [5, 5.41) is 0. The Hall–Kier alpha value is 0.0600. The van der Waals surface area contributed by atoms with Gasteiger partial charge in [-0.2, -0.15) is 8.42 Å². The maximum absolute atomic E-state index is 12.3. The van der Waals surface area contributed by atoms with Crippen LogP contribution >= 0.6 is 27.3 Å². The molecule has 0 spiro atoms. The van der Waals surface area contributed by atoms with Gasteiger partial charge in [-0.3, -0.25) is 0 Å². The molecule has 0 bridgehead atoms. The molecule has 0 amide bonds. The quantitative estimate of drug-likeness (QED) is 0.726. The van der Waals surface area contributed by atoms with Crippen molar-refractivity contribution in [2.75, 3.05) is 0 Å². The lowest BCUT2D eigenvalue weighted by Gasteiger charge is -1.86. The number of hydrogen-bond acceptors (Lipinski definition) is 3. The normalized spacial score (nSPS) is 11.9. The highest BCUT2D eigenvalue weighted by Gasteiger charge is 2.18. The Morgan fingerprint density at radius 1 is 1.64 bits per heavy atom. The zero-order chi connectivity index (χ0) is 8.65. The smallest absolute Gasteiger partial charge is 0.188 e. The molecular formula is C5H4BrFO2S2. The average Bonchev–Trinajstić information content (AvgIpc) is 2.08. The Morgan fingerprint density at radius 3 is 2.36 bits per heavy atom. The molecule has 0 N–H and O–H groups in total. The second kappa shape index (κ2) is 2.84. The van der Waals surface area contributed by atoms with Gasteiger partial charge in [-0.15, -0.1) is 11.3 Å². The minimum Gasteiger partial charge on any atom is -0.188 e. The molecule has 1 rings (SSSR count). The van der Waals surface area contributed by atoms with Crippen LogP contribution in [0.4, 0.5) is 3.89 Å². The van der Waals surface area contributed by atoms with E-state index in [-0.39, 0.29) is 4.21 Å². The van der Waals surface area contributed by atoms with Crippen LogP contribution in [0.2, 0.25) is 0 Å². The molecule has 0 saturated carbocycles. The topological polar surface area (TPSA) is 34.1 Å². The first-order valence-electron chi connectivity index (χ1n) is 2.62. The fraction of sp³-hybridized carbons (Fsp3) is 0.200. The number of rotatable bonds is 1. The van der Waals surface area contributed by atoms with Gasteiger partial charge in [-0.1, -0.05) is 3.89 Å². The maximum Gasteiger partial charge on any atom is 0.342 e. The van der Waals surface area contributed by atoms with E-state index >= 15 is 0 Å². The highest BCUT2D eigenvalue weighted by molar-refractivity contribution is 9.10. The highest BCUT2D eigenvalue weighted by Crippen LogP contribution is 2.31. The van der Waals surface area contributed by atoms with E-state index in [1.165, 1.54) is 0 Å². The van der Waals surface area contributed by atoms with Crippen LogP contribution in [0.15, 0.2) is 14.7 Å². The van der Waals surface area contributed by atoms with Crippen LogP contribution in [0.1, 0.15) is 4.88 Å². The predicted octanol–water partition coefficient (Wildman–Crippen LogP) is 2.48.